The molecular formula is C5H6N2O2. The standard InChI is InChI=1S/C5H6N2O2/c1-3(8)4-2-6-5(9)7-4/h2-3,8H,1H3. The summed E-state index contributed by atoms with van der Waals surface area (Å²) in [6.07, 6.45) is 0.577. The molecule has 1 unspecified atom stereocenters. The Hall–Kier alpha value is -1.03. The van der Waals surface area contributed by atoms with Gasteiger partial charge in [0, 0.05) is 0 Å². The Morgan fingerprint density at radius 3 is 2.67 bits per heavy atom. The van der Waals surface area contributed by atoms with Gasteiger partial charge in [0.15, 0.2) is 0 Å². The van der Waals surface area contributed by atoms with Crippen molar-refractivity contribution in [3.63, 3.8) is 0 Å². The highest BCUT2D eigenvalue weighted by molar-refractivity contribution is 6.38. The van der Waals surface area contributed by atoms with E-state index in [-0.39, 0.29) is 0 Å². The maximum atomic E-state index is 10.3. The Morgan fingerprint density at radius 1 is 1.78 bits per heavy atom. The van der Waals surface area contributed by atoms with Crippen molar-refractivity contribution in [3.8, 4) is 0 Å². The van der Waals surface area contributed by atoms with Gasteiger partial charge in [-0.05, 0) is 6.92 Å². The van der Waals surface area contributed by atoms with E-state index in [1.54, 1.807) is 0 Å². The lowest BCUT2D eigenvalue weighted by molar-refractivity contribution is 0.254. The summed E-state index contributed by atoms with van der Waals surface area (Å²) in [7, 11) is 0. The van der Waals surface area contributed by atoms with E-state index >= 15 is 0 Å². The van der Waals surface area contributed by atoms with Crippen molar-refractivity contribution in [1.82, 2.24) is 0 Å². The molecular weight excluding hydrogens is 120 g/mol. The predicted octanol–water partition coefficient (Wildman–Crippen LogP) is 0.0126. The van der Waals surface area contributed by atoms with Crippen LogP contribution in [0.2, 0.25) is 0 Å². The normalized spacial score (nSPS) is 20.2. The van der Waals surface area contributed by atoms with Gasteiger partial charge in [-0.2, -0.15) is 9.98 Å². The minimum absolute atomic E-state index is 0.333. The summed E-state index contributed by atoms with van der Waals surface area (Å²) in [4.78, 5) is 17.0. The van der Waals surface area contributed by atoms with E-state index in [1.165, 1.54) is 13.1 Å². The molecule has 0 saturated carbocycles. The number of nitrogens with zero attached hydrogens (tertiary/aromatic N) is 2. The second-order valence-electron chi connectivity index (χ2n) is 1.75. The fraction of sp³-hybridized carbons (Fsp3) is 0.400. The van der Waals surface area contributed by atoms with Crippen molar-refractivity contribution in [2.45, 2.75) is 13.0 Å². The monoisotopic (exact) mass is 126 g/mol. The van der Waals surface area contributed by atoms with Crippen LogP contribution in [0.5, 0.6) is 0 Å². The van der Waals surface area contributed by atoms with Crippen LogP contribution >= 0.6 is 0 Å². The van der Waals surface area contributed by atoms with Gasteiger partial charge in [-0.15, -0.1) is 0 Å². The van der Waals surface area contributed by atoms with Crippen molar-refractivity contribution in [1.29, 1.82) is 0 Å². The lowest BCUT2D eigenvalue weighted by atomic mass is 10.3. The minimum atomic E-state index is -0.694. The Morgan fingerprint density at radius 2 is 2.44 bits per heavy atom. The van der Waals surface area contributed by atoms with Gasteiger partial charge in [0.2, 0.25) is 0 Å². The average Bonchev–Trinajstić information content (AvgIpc) is 2.14. The highest BCUT2D eigenvalue weighted by Crippen LogP contribution is 1.95. The molecule has 0 aliphatic carbocycles. The second kappa shape index (κ2) is 2.06. The summed E-state index contributed by atoms with van der Waals surface area (Å²) in [6.45, 7) is 1.53. The number of urea groups is 1. The second-order valence-corrected chi connectivity index (χ2v) is 1.75. The minimum Gasteiger partial charge on any atom is -0.387 e. The zero-order chi connectivity index (χ0) is 6.85. The lowest BCUT2D eigenvalue weighted by Crippen LogP contribution is -2.15. The molecule has 0 aromatic rings. The molecule has 48 valence electrons. The molecule has 1 N–H and O–H groups in total. The van der Waals surface area contributed by atoms with Crippen LogP contribution in [0.4, 0.5) is 4.79 Å². The van der Waals surface area contributed by atoms with Gasteiger partial charge < -0.3 is 5.11 Å². The first-order chi connectivity index (χ1) is 4.20. The molecule has 0 radical (unpaired) electrons. The predicted molar refractivity (Wildman–Crippen MR) is 33.0 cm³/mol. The molecule has 1 heterocycles. The molecule has 4 heteroatoms. The number of aliphatic hydroxyl groups excluding tert-OH is 1. The summed E-state index contributed by atoms with van der Waals surface area (Å²) >= 11 is 0. The Balaban J connectivity index is 2.75. The van der Waals surface area contributed by atoms with Crippen molar-refractivity contribution in [2.24, 2.45) is 9.98 Å². The third-order valence-electron chi connectivity index (χ3n) is 0.960. The van der Waals surface area contributed by atoms with Crippen LogP contribution in [0, 0.1) is 0 Å². The molecule has 9 heavy (non-hydrogen) atoms. The first kappa shape index (κ1) is 6.10. The number of carbonyl (C=O) groups is 1. The van der Waals surface area contributed by atoms with E-state index in [0.29, 0.717) is 5.71 Å². The molecule has 0 spiro atoms. The topological polar surface area (TPSA) is 62.0 Å². The van der Waals surface area contributed by atoms with Gasteiger partial charge in [-0.1, -0.05) is 0 Å². The molecule has 0 saturated heterocycles. The number of hydrogen-bond acceptors (Lipinski definition) is 2. The van der Waals surface area contributed by atoms with Gasteiger partial charge in [-0.25, -0.2) is 4.79 Å². The largest absolute Gasteiger partial charge is 0.387 e. The summed E-state index contributed by atoms with van der Waals surface area (Å²) in [5, 5.41) is 8.80. The number of aliphatic hydroxyl groups is 1. The molecule has 1 atom stereocenters. The first-order valence-electron chi connectivity index (χ1n) is 2.55. The number of rotatable bonds is 1. The van der Waals surface area contributed by atoms with Crippen molar-refractivity contribution >= 4 is 18.0 Å². The Bertz CT molecular complexity index is 193. The average molecular weight is 126 g/mol. The van der Waals surface area contributed by atoms with E-state index in [4.69, 9.17) is 5.11 Å². The van der Waals surface area contributed by atoms with E-state index in [0.717, 1.165) is 0 Å². The maximum absolute atomic E-state index is 10.3. The third kappa shape index (κ3) is 1.20. The quantitative estimate of drug-likeness (QED) is 0.538. The van der Waals surface area contributed by atoms with Crippen molar-refractivity contribution in [2.75, 3.05) is 0 Å². The van der Waals surface area contributed by atoms with Crippen LogP contribution < -0.4 is 0 Å². The van der Waals surface area contributed by atoms with Gasteiger partial charge in [0.25, 0.3) is 0 Å². The molecule has 1 rings (SSSR count). The highest BCUT2D eigenvalue weighted by Gasteiger charge is 2.11. The zero-order valence-electron chi connectivity index (χ0n) is 4.90. The molecule has 1 aliphatic rings. The molecule has 1 aliphatic heterocycles. The van der Waals surface area contributed by atoms with Crippen LogP contribution in [0.1, 0.15) is 6.92 Å². The van der Waals surface area contributed by atoms with E-state index in [1.807, 2.05) is 0 Å². The van der Waals surface area contributed by atoms with Crippen LogP contribution in [0.25, 0.3) is 0 Å². The molecule has 0 bridgehead atoms. The van der Waals surface area contributed by atoms with E-state index < -0.39 is 12.1 Å². The van der Waals surface area contributed by atoms with E-state index in [2.05, 4.69) is 9.98 Å². The van der Waals surface area contributed by atoms with Crippen LogP contribution in [0.3, 0.4) is 0 Å². The van der Waals surface area contributed by atoms with Gasteiger partial charge in [0.05, 0.1) is 18.0 Å². The molecule has 4 nitrogen and oxygen atoms in total. The fourth-order valence-corrected chi connectivity index (χ4v) is 0.491. The Kier molecular flexibility index (Phi) is 1.40. The summed E-state index contributed by atoms with van der Waals surface area (Å²) in [6, 6.07) is -0.536. The van der Waals surface area contributed by atoms with Gasteiger partial charge in [0.1, 0.15) is 0 Å². The number of hydrogen-bond donors (Lipinski definition) is 1. The SMILES string of the molecule is CC(O)C1=NC(=O)N=C1. The smallest absolute Gasteiger partial charge is 0.367 e. The maximum Gasteiger partial charge on any atom is 0.367 e. The van der Waals surface area contributed by atoms with Crippen molar-refractivity contribution in [3.05, 3.63) is 0 Å². The van der Waals surface area contributed by atoms with Crippen LogP contribution in [-0.2, 0) is 0 Å². The fourth-order valence-electron chi connectivity index (χ4n) is 0.491. The number of amides is 2. The molecule has 2 amide bonds. The first-order valence-corrected chi connectivity index (χ1v) is 2.55. The van der Waals surface area contributed by atoms with Crippen LogP contribution in [0.15, 0.2) is 9.98 Å². The van der Waals surface area contributed by atoms with Gasteiger partial charge >= 0.3 is 6.03 Å². The third-order valence-corrected chi connectivity index (χ3v) is 0.960. The molecule has 0 aromatic carbocycles. The molecule has 0 aromatic heterocycles. The lowest BCUT2D eigenvalue weighted by Gasteiger charge is -1.95. The van der Waals surface area contributed by atoms with Crippen molar-refractivity contribution < 1.29 is 9.90 Å². The van der Waals surface area contributed by atoms with Crippen LogP contribution in [-0.4, -0.2) is 29.2 Å². The summed E-state index contributed by atoms with van der Waals surface area (Å²) in [5.74, 6) is 0. The highest BCUT2D eigenvalue weighted by atomic mass is 16.3. The number of aliphatic imine (C=N–C) groups is 2. The summed E-state index contributed by atoms with van der Waals surface area (Å²) < 4.78 is 0. The summed E-state index contributed by atoms with van der Waals surface area (Å²) in [5.41, 5.74) is 0.333. The molecule has 0 fully saturated rings. The zero-order valence-corrected chi connectivity index (χ0v) is 4.90. The van der Waals surface area contributed by atoms with Gasteiger partial charge in [-0.3, -0.25) is 0 Å². The number of carbonyl (C=O) groups excluding carboxylic acids is 1. The van der Waals surface area contributed by atoms with E-state index in [9.17, 15) is 4.79 Å². The Labute approximate surface area is 51.9 Å².